The number of halogens is 1. The SMILES string of the molecule is CCCCCCCOC(Cn1cncn1)c1ccc(Cl)cc1. The molecule has 22 heavy (non-hydrogen) atoms. The van der Waals surface area contributed by atoms with Gasteiger partial charge in [-0.2, -0.15) is 5.10 Å². The summed E-state index contributed by atoms with van der Waals surface area (Å²) in [5.74, 6) is 0. The summed E-state index contributed by atoms with van der Waals surface area (Å²) < 4.78 is 7.89. The molecule has 0 N–H and O–H groups in total. The van der Waals surface area contributed by atoms with E-state index in [0.717, 1.165) is 23.6 Å². The van der Waals surface area contributed by atoms with Gasteiger partial charge in [-0.3, -0.25) is 4.68 Å². The second kappa shape index (κ2) is 9.59. The van der Waals surface area contributed by atoms with Gasteiger partial charge in [-0.15, -0.1) is 0 Å². The lowest BCUT2D eigenvalue weighted by Crippen LogP contribution is -2.14. The Labute approximate surface area is 137 Å². The Morgan fingerprint density at radius 2 is 1.91 bits per heavy atom. The maximum Gasteiger partial charge on any atom is 0.137 e. The summed E-state index contributed by atoms with van der Waals surface area (Å²) in [4.78, 5) is 3.99. The van der Waals surface area contributed by atoms with Crippen LogP contribution in [0.15, 0.2) is 36.9 Å². The average molecular weight is 322 g/mol. The van der Waals surface area contributed by atoms with E-state index in [1.165, 1.54) is 25.7 Å². The largest absolute Gasteiger partial charge is 0.372 e. The maximum absolute atomic E-state index is 6.09. The van der Waals surface area contributed by atoms with Crippen LogP contribution in [0.3, 0.4) is 0 Å². The first-order chi connectivity index (χ1) is 10.8. The second-order valence-electron chi connectivity index (χ2n) is 5.44. The predicted molar refractivity (Wildman–Crippen MR) is 88.9 cm³/mol. The van der Waals surface area contributed by atoms with Crippen molar-refractivity contribution in [3.63, 3.8) is 0 Å². The van der Waals surface area contributed by atoms with Gasteiger partial charge in [0.2, 0.25) is 0 Å². The van der Waals surface area contributed by atoms with Crippen LogP contribution < -0.4 is 0 Å². The number of rotatable bonds is 10. The molecule has 1 aromatic carbocycles. The van der Waals surface area contributed by atoms with Crippen LogP contribution in [-0.4, -0.2) is 21.4 Å². The molecule has 2 aromatic rings. The molecule has 0 radical (unpaired) electrons. The van der Waals surface area contributed by atoms with Crippen LogP contribution in [-0.2, 0) is 11.3 Å². The van der Waals surface area contributed by atoms with Crippen molar-refractivity contribution in [2.75, 3.05) is 6.61 Å². The zero-order valence-electron chi connectivity index (χ0n) is 13.1. The minimum absolute atomic E-state index is 0.0230. The molecule has 1 atom stereocenters. The zero-order chi connectivity index (χ0) is 15.6. The molecule has 0 saturated heterocycles. The summed E-state index contributed by atoms with van der Waals surface area (Å²) in [6.45, 7) is 3.66. The quantitative estimate of drug-likeness (QED) is 0.597. The third kappa shape index (κ3) is 5.78. The molecule has 0 saturated carbocycles. The third-order valence-corrected chi connectivity index (χ3v) is 3.88. The molecule has 0 spiro atoms. The maximum atomic E-state index is 6.09. The monoisotopic (exact) mass is 321 g/mol. The first-order valence-corrected chi connectivity index (χ1v) is 8.37. The van der Waals surface area contributed by atoms with E-state index in [4.69, 9.17) is 16.3 Å². The van der Waals surface area contributed by atoms with Crippen LogP contribution in [0.4, 0.5) is 0 Å². The Morgan fingerprint density at radius 3 is 2.59 bits per heavy atom. The van der Waals surface area contributed by atoms with Gasteiger partial charge in [0.25, 0.3) is 0 Å². The Balaban J connectivity index is 1.88. The molecule has 1 aromatic heterocycles. The Morgan fingerprint density at radius 1 is 1.14 bits per heavy atom. The third-order valence-electron chi connectivity index (χ3n) is 3.63. The summed E-state index contributed by atoms with van der Waals surface area (Å²) in [5.41, 5.74) is 1.12. The summed E-state index contributed by atoms with van der Waals surface area (Å²) in [7, 11) is 0. The molecule has 4 nitrogen and oxygen atoms in total. The Hall–Kier alpha value is -1.39. The number of unbranched alkanes of at least 4 members (excludes halogenated alkanes) is 4. The fourth-order valence-electron chi connectivity index (χ4n) is 2.36. The van der Waals surface area contributed by atoms with Crippen LogP contribution in [0.2, 0.25) is 5.02 Å². The second-order valence-corrected chi connectivity index (χ2v) is 5.88. The average Bonchev–Trinajstić information content (AvgIpc) is 3.03. The molecule has 0 aliphatic rings. The lowest BCUT2D eigenvalue weighted by atomic mass is 10.1. The molecular formula is C17H24ClN3O. The van der Waals surface area contributed by atoms with E-state index in [1.807, 2.05) is 24.3 Å². The van der Waals surface area contributed by atoms with Crippen LogP contribution in [0.5, 0.6) is 0 Å². The molecule has 2 rings (SSSR count). The topological polar surface area (TPSA) is 39.9 Å². The van der Waals surface area contributed by atoms with Crippen molar-refractivity contribution in [2.45, 2.75) is 51.7 Å². The van der Waals surface area contributed by atoms with Crippen molar-refractivity contribution in [3.05, 3.63) is 47.5 Å². The fourth-order valence-corrected chi connectivity index (χ4v) is 2.49. The van der Waals surface area contributed by atoms with Gasteiger partial charge < -0.3 is 4.74 Å². The highest BCUT2D eigenvalue weighted by Gasteiger charge is 2.13. The molecule has 5 heteroatoms. The van der Waals surface area contributed by atoms with Crippen LogP contribution >= 0.6 is 11.6 Å². The summed E-state index contributed by atoms with van der Waals surface area (Å²) >= 11 is 5.97. The highest BCUT2D eigenvalue weighted by Crippen LogP contribution is 2.22. The number of aromatic nitrogens is 3. The molecule has 0 fully saturated rings. The van der Waals surface area contributed by atoms with Gasteiger partial charge in [-0.05, 0) is 24.1 Å². The van der Waals surface area contributed by atoms with Crippen molar-refractivity contribution in [3.8, 4) is 0 Å². The molecule has 0 amide bonds. The molecule has 0 aliphatic carbocycles. The predicted octanol–water partition coefficient (Wildman–Crippen LogP) is 4.66. The van der Waals surface area contributed by atoms with E-state index in [2.05, 4.69) is 17.0 Å². The van der Waals surface area contributed by atoms with Crippen molar-refractivity contribution < 1.29 is 4.74 Å². The normalized spacial score (nSPS) is 12.5. The van der Waals surface area contributed by atoms with Crippen molar-refractivity contribution in [2.24, 2.45) is 0 Å². The number of hydrogen-bond acceptors (Lipinski definition) is 3. The van der Waals surface area contributed by atoms with Crippen molar-refractivity contribution >= 4 is 11.6 Å². The molecule has 120 valence electrons. The lowest BCUT2D eigenvalue weighted by molar-refractivity contribution is 0.0355. The lowest BCUT2D eigenvalue weighted by Gasteiger charge is -2.18. The Kier molecular flexibility index (Phi) is 7.40. The standard InChI is InChI=1S/C17H24ClN3O/c1-2-3-4-5-6-11-22-17(12-21-14-19-13-20-21)15-7-9-16(18)10-8-15/h7-10,13-14,17H,2-6,11-12H2,1H3. The molecule has 1 heterocycles. The summed E-state index contributed by atoms with van der Waals surface area (Å²) in [5, 5.41) is 4.91. The fraction of sp³-hybridized carbons (Fsp3) is 0.529. The highest BCUT2D eigenvalue weighted by atomic mass is 35.5. The summed E-state index contributed by atoms with van der Waals surface area (Å²) in [6, 6.07) is 7.83. The number of hydrogen-bond donors (Lipinski definition) is 0. The molecular weight excluding hydrogens is 298 g/mol. The van der Waals surface area contributed by atoms with Crippen LogP contribution in [0.25, 0.3) is 0 Å². The molecule has 0 aliphatic heterocycles. The number of ether oxygens (including phenoxy) is 1. The first kappa shape index (κ1) is 17.0. The van der Waals surface area contributed by atoms with Crippen molar-refractivity contribution in [1.82, 2.24) is 14.8 Å². The van der Waals surface area contributed by atoms with Gasteiger partial charge >= 0.3 is 0 Å². The minimum Gasteiger partial charge on any atom is -0.372 e. The van der Waals surface area contributed by atoms with Gasteiger partial charge in [0.15, 0.2) is 0 Å². The van der Waals surface area contributed by atoms with E-state index in [0.29, 0.717) is 6.54 Å². The van der Waals surface area contributed by atoms with E-state index < -0.39 is 0 Å². The van der Waals surface area contributed by atoms with Crippen LogP contribution in [0, 0.1) is 0 Å². The van der Waals surface area contributed by atoms with E-state index in [-0.39, 0.29) is 6.10 Å². The molecule has 0 bridgehead atoms. The smallest absolute Gasteiger partial charge is 0.137 e. The molecule has 1 unspecified atom stereocenters. The number of nitrogens with zero attached hydrogens (tertiary/aromatic N) is 3. The van der Waals surface area contributed by atoms with E-state index in [1.54, 1.807) is 17.3 Å². The highest BCUT2D eigenvalue weighted by molar-refractivity contribution is 6.30. The minimum atomic E-state index is -0.0230. The number of benzene rings is 1. The van der Waals surface area contributed by atoms with Gasteiger partial charge in [0.1, 0.15) is 18.8 Å². The van der Waals surface area contributed by atoms with Crippen LogP contribution in [0.1, 0.15) is 50.7 Å². The Bertz CT molecular complexity index is 513. The van der Waals surface area contributed by atoms with E-state index >= 15 is 0 Å². The van der Waals surface area contributed by atoms with Gasteiger partial charge in [0.05, 0.1) is 6.54 Å². The first-order valence-electron chi connectivity index (χ1n) is 7.99. The zero-order valence-corrected chi connectivity index (χ0v) is 13.9. The van der Waals surface area contributed by atoms with Gasteiger partial charge in [-0.1, -0.05) is 56.3 Å². The van der Waals surface area contributed by atoms with Crippen molar-refractivity contribution in [1.29, 1.82) is 0 Å². The van der Waals surface area contributed by atoms with Gasteiger partial charge in [-0.25, -0.2) is 4.98 Å². The van der Waals surface area contributed by atoms with Gasteiger partial charge in [0, 0.05) is 11.6 Å². The van der Waals surface area contributed by atoms with E-state index in [9.17, 15) is 0 Å². The summed E-state index contributed by atoms with van der Waals surface area (Å²) in [6.07, 6.45) is 9.42.